The molecule has 1 N–H and O–H groups in total. The van der Waals surface area contributed by atoms with E-state index in [-0.39, 0.29) is 17.3 Å². The number of para-hydroxylation sites is 1. The summed E-state index contributed by atoms with van der Waals surface area (Å²) in [5.74, 6) is 0.949. The lowest BCUT2D eigenvalue weighted by atomic mass is 10.0. The number of aromatic nitrogens is 3. The summed E-state index contributed by atoms with van der Waals surface area (Å²) in [4.78, 5) is 18.4. The van der Waals surface area contributed by atoms with E-state index in [0.29, 0.717) is 22.7 Å². The molecule has 0 atom stereocenters. The fraction of sp³-hybridized carbons (Fsp3) is 0.0667. The molecular formula is C30H23N5O2. The van der Waals surface area contributed by atoms with Crippen LogP contribution in [-0.2, 0) is 4.79 Å². The first-order valence-corrected chi connectivity index (χ1v) is 11.7. The summed E-state index contributed by atoms with van der Waals surface area (Å²) >= 11 is 0. The maximum Gasteiger partial charge on any atom is 0.257 e. The van der Waals surface area contributed by atoms with E-state index in [2.05, 4.69) is 16.5 Å². The van der Waals surface area contributed by atoms with Crippen molar-refractivity contribution in [1.29, 1.82) is 5.26 Å². The molecule has 0 aliphatic rings. The number of benzene rings is 3. The molecule has 0 aliphatic heterocycles. The highest BCUT2D eigenvalue weighted by atomic mass is 16.5. The van der Waals surface area contributed by atoms with Gasteiger partial charge in [0, 0.05) is 11.0 Å². The van der Waals surface area contributed by atoms with E-state index in [9.17, 15) is 10.1 Å². The highest BCUT2D eigenvalue weighted by Crippen LogP contribution is 2.29. The van der Waals surface area contributed by atoms with Gasteiger partial charge in [0.1, 0.15) is 22.9 Å². The van der Waals surface area contributed by atoms with Gasteiger partial charge in [-0.25, -0.2) is 4.98 Å². The van der Waals surface area contributed by atoms with Gasteiger partial charge in [-0.1, -0.05) is 72.8 Å². The van der Waals surface area contributed by atoms with Crippen LogP contribution < -0.4 is 10.1 Å². The number of anilines is 1. The highest BCUT2D eigenvalue weighted by Gasteiger charge is 2.20. The number of rotatable bonds is 6. The second-order valence-electron chi connectivity index (χ2n) is 8.37. The van der Waals surface area contributed by atoms with Crippen molar-refractivity contribution in [1.82, 2.24) is 14.8 Å². The van der Waals surface area contributed by atoms with Crippen molar-refractivity contribution in [3.63, 3.8) is 0 Å². The van der Waals surface area contributed by atoms with Crippen LogP contribution >= 0.6 is 0 Å². The second kappa shape index (κ2) is 10.2. The Hall–Kier alpha value is -5.22. The fourth-order valence-corrected chi connectivity index (χ4v) is 4.16. The first-order chi connectivity index (χ1) is 18.1. The molecule has 2 heterocycles. The number of amides is 1. The SMILES string of the molecule is COc1cccc2c(C)cc(-n3ncc(C#N)c3NC(=O)/C(=C\c3ccccc3)c3ccccc3)nc12. The number of nitriles is 1. The van der Waals surface area contributed by atoms with E-state index < -0.39 is 0 Å². The van der Waals surface area contributed by atoms with E-state index in [1.165, 1.54) is 10.9 Å². The third kappa shape index (κ3) is 4.68. The molecule has 37 heavy (non-hydrogen) atoms. The number of pyridine rings is 1. The molecular weight excluding hydrogens is 462 g/mol. The van der Waals surface area contributed by atoms with Gasteiger partial charge in [0.15, 0.2) is 11.6 Å². The molecule has 5 aromatic rings. The number of carbonyl (C=O) groups is 1. The lowest BCUT2D eigenvalue weighted by molar-refractivity contribution is -0.111. The van der Waals surface area contributed by atoms with Gasteiger partial charge in [0.05, 0.1) is 13.3 Å². The Labute approximate surface area is 214 Å². The standard InChI is InChI=1S/C30H23N5O2/c1-20-16-27(33-28-24(20)14-9-15-26(28)37-2)35-29(23(18-31)19-32-35)34-30(36)25(22-12-7-4-8-13-22)17-21-10-5-3-6-11-21/h3-17,19H,1-2H3,(H,34,36)/b25-17-. The Kier molecular flexibility index (Phi) is 6.47. The van der Waals surface area contributed by atoms with Crippen LogP contribution in [0.25, 0.3) is 28.4 Å². The number of ether oxygens (including phenoxy) is 1. The Balaban J connectivity index is 1.60. The number of methoxy groups -OCH3 is 1. The van der Waals surface area contributed by atoms with Gasteiger partial charge in [-0.3, -0.25) is 4.79 Å². The maximum absolute atomic E-state index is 13.7. The third-order valence-electron chi connectivity index (χ3n) is 5.99. The minimum atomic E-state index is -0.372. The van der Waals surface area contributed by atoms with Gasteiger partial charge in [0.2, 0.25) is 0 Å². The quantitative estimate of drug-likeness (QED) is 0.243. The number of nitrogens with zero attached hydrogens (tertiary/aromatic N) is 4. The average molecular weight is 486 g/mol. The summed E-state index contributed by atoms with van der Waals surface area (Å²) in [7, 11) is 1.59. The van der Waals surface area contributed by atoms with Crippen molar-refractivity contribution < 1.29 is 9.53 Å². The summed E-state index contributed by atoms with van der Waals surface area (Å²) in [5.41, 5.74) is 3.93. The molecule has 5 rings (SSSR count). The molecule has 0 bridgehead atoms. The molecule has 0 fully saturated rings. The minimum absolute atomic E-state index is 0.222. The first kappa shape index (κ1) is 23.5. The molecule has 0 saturated carbocycles. The Morgan fingerprint density at radius 1 is 1.03 bits per heavy atom. The molecule has 0 aliphatic carbocycles. The van der Waals surface area contributed by atoms with Crippen LogP contribution in [0.2, 0.25) is 0 Å². The van der Waals surface area contributed by atoms with Crippen LogP contribution in [0.1, 0.15) is 22.3 Å². The van der Waals surface area contributed by atoms with E-state index in [4.69, 9.17) is 9.72 Å². The van der Waals surface area contributed by atoms with Gasteiger partial charge in [0.25, 0.3) is 5.91 Å². The largest absolute Gasteiger partial charge is 0.494 e. The maximum atomic E-state index is 13.7. The Bertz CT molecular complexity index is 1670. The lowest BCUT2D eigenvalue weighted by Crippen LogP contribution is -2.18. The zero-order chi connectivity index (χ0) is 25.8. The van der Waals surface area contributed by atoms with Crippen molar-refractivity contribution in [2.45, 2.75) is 6.92 Å². The molecule has 2 aromatic heterocycles. The average Bonchev–Trinajstić information content (AvgIpc) is 3.34. The number of hydrogen-bond donors (Lipinski definition) is 1. The van der Waals surface area contributed by atoms with Gasteiger partial charge in [-0.2, -0.15) is 15.0 Å². The van der Waals surface area contributed by atoms with Gasteiger partial charge < -0.3 is 10.1 Å². The second-order valence-corrected chi connectivity index (χ2v) is 8.37. The molecule has 0 saturated heterocycles. The lowest BCUT2D eigenvalue weighted by Gasteiger charge is -2.14. The Morgan fingerprint density at radius 3 is 2.46 bits per heavy atom. The van der Waals surface area contributed by atoms with E-state index in [0.717, 1.165) is 22.1 Å². The molecule has 0 unspecified atom stereocenters. The molecule has 0 radical (unpaired) electrons. The zero-order valence-electron chi connectivity index (χ0n) is 20.3. The van der Waals surface area contributed by atoms with Crippen molar-refractivity contribution in [3.05, 3.63) is 113 Å². The number of nitrogens with one attached hydrogen (secondary N) is 1. The molecule has 3 aromatic carbocycles. The smallest absolute Gasteiger partial charge is 0.257 e. The van der Waals surface area contributed by atoms with E-state index in [1.807, 2.05) is 97.9 Å². The Morgan fingerprint density at radius 2 is 1.76 bits per heavy atom. The van der Waals surface area contributed by atoms with Crippen molar-refractivity contribution >= 4 is 34.3 Å². The minimum Gasteiger partial charge on any atom is -0.494 e. The number of hydrogen-bond acceptors (Lipinski definition) is 5. The topological polar surface area (TPSA) is 92.8 Å². The molecule has 180 valence electrons. The van der Waals surface area contributed by atoms with E-state index in [1.54, 1.807) is 7.11 Å². The monoisotopic (exact) mass is 485 g/mol. The van der Waals surface area contributed by atoms with Crippen molar-refractivity contribution in [2.75, 3.05) is 12.4 Å². The van der Waals surface area contributed by atoms with Crippen LogP contribution in [0.15, 0.2) is 91.1 Å². The summed E-state index contributed by atoms with van der Waals surface area (Å²) in [6.07, 6.45) is 3.24. The molecule has 7 nitrogen and oxygen atoms in total. The number of fused-ring (bicyclic) bond motifs is 1. The van der Waals surface area contributed by atoms with Crippen molar-refractivity contribution in [3.8, 4) is 17.6 Å². The molecule has 7 heteroatoms. The third-order valence-corrected chi connectivity index (χ3v) is 5.99. The van der Waals surface area contributed by atoms with Crippen LogP contribution in [0.4, 0.5) is 5.82 Å². The summed E-state index contributed by atoms with van der Waals surface area (Å²) in [6.45, 7) is 1.97. The van der Waals surface area contributed by atoms with Gasteiger partial charge in [-0.15, -0.1) is 0 Å². The van der Waals surface area contributed by atoms with Gasteiger partial charge >= 0.3 is 0 Å². The highest BCUT2D eigenvalue weighted by molar-refractivity contribution is 6.29. The predicted molar refractivity (Wildman–Crippen MR) is 144 cm³/mol. The number of carbonyl (C=O) groups excluding carboxylic acids is 1. The number of aryl methyl sites for hydroxylation is 1. The first-order valence-electron chi connectivity index (χ1n) is 11.7. The molecule has 0 spiro atoms. The van der Waals surface area contributed by atoms with Crippen LogP contribution in [0.5, 0.6) is 5.75 Å². The summed E-state index contributed by atoms with van der Waals surface area (Å²) < 4.78 is 6.98. The van der Waals surface area contributed by atoms with Crippen LogP contribution in [-0.4, -0.2) is 27.8 Å². The zero-order valence-corrected chi connectivity index (χ0v) is 20.3. The predicted octanol–water partition coefficient (Wildman–Crippen LogP) is 5.79. The summed E-state index contributed by atoms with van der Waals surface area (Å²) in [6, 6.07) is 28.7. The molecule has 1 amide bonds. The van der Waals surface area contributed by atoms with Gasteiger partial charge in [-0.05, 0) is 41.8 Å². The van der Waals surface area contributed by atoms with E-state index >= 15 is 0 Å². The van der Waals surface area contributed by atoms with Crippen LogP contribution in [0.3, 0.4) is 0 Å². The summed E-state index contributed by atoms with van der Waals surface area (Å²) in [5, 5.41) is 18.0. The fourth-order valence-electron chi connectivity index (χ4n) is 4.16. The van der Waals surface area contributed by atoms with Crippen LogP contribution in [0, 0.1) is 18.3 Å². The van der Waals surface area contributed by atoms with Crippen molar-refractivity contribution in [2.24, 2.45) is 0 Å². The normalized spacial score (nSPS) is 11.2.